The fourth-order valence-electron chi connectivity index (χ4n) is 5.06. The van der Waals surface area contributed by atoms with Gasteiger partial charge in [-0.05, 0) is 67.0 Å². The second kappa shape index (κ2) is 10.3. The van der Waals surface area contributed by atoms with E-state index >= 15 is 0 Å². The average Bonchev–Trinajstić information content (AvgIpc) is 3.90. The third kappa shape index (κ3) is 5.45. The molecule has 10 heteroatoms. The summed E-state index contributed by atoms with van der Waals surface area (Å²) in [7, 11) is 0. The van der Waals surface area contributed by atoms with Gasteiger partial charge in [0, 0.05) is 35.2 Å². The highest BCUT2D eigenvalue weighted by Crippen LogP contribution is 2.28. The molecule has 3 aliphatic rings. The number of nitrogens with one attached hydrogen (secondary N) is 3. The summed E-state index contributed by atoms with van der Waals surface area (Å²) >= 11 is 0. The Bertz CT molecular complexity index is 1730. The second-order valence-corrected chi connectivity index (χ2v) is 10.9. The molecule has 0 bridgehead atoms. The molecule has 4 aromatic rings. The van der Waals surface area contributed by atoms with Gasteiger partial charge >= 0.3 is 0 Å². The number of aryl methyl sites for hydroxylation is 2. The normalized spacial score (nSPS) is 17.7. The number of anilines is 1. The van der Waals surface area contributed by atoms with E-state index in [2.05, 4.69) is 33.2 Å². The molecule has 0 atom stereocenters. The molecule has 3 amide bonds. The summed E-state index contributed by atoms with van der Waals surface area (Å²) in [6, 6.07) is 16.6. The molecule has 206 valence electrons. The lowest BCUT2D eigenvalue weighted by atomic mass is 9.95. The first-order valence-electron chi connectivity index (χ1n) is 14.1. The molecule has 3 N–H and O–H groups in total. The van der Waals surface area contributed by atoms with Crippen LogP contribution in [0.15, 0.2) is 60.3 Å². The highest BCUT2D eigenvalue weighted by molar-refractivity contribution is 6.15. The topological polar surface area (TPSA) is 130 Å². The van der Waals surface area contributed by atoms with Crippen molar-refractivity contribution in [3.05, 3.63) is 82.8 Å². The standard InChI is InChI=1S/C31H29N7O3/c39-27-16-21(30(41)37-27)15-22-17-32-38-28(22)35-26(36-31(38)34-24-11-12-24)13-8-18-4-1-2-7-25(18)19-5-3-6-20(14-19)29(40)33-23-9-10-23/h1-7,14-15,17,23-24H,8-13,16H2,(H,33,40)(H,34,35,36)(H,37,39,41)/b21-15+. The highest BCUT2D eigenvalue weighted by atomic mass is 16.2. The number of carbonyl (C=O) groups is 3. The summed E-state index contributed by atoms with van der Waals surface area (Å²) in [6.07, 6.45) is 8.89. The predicted octanol–water partition coefficient (Wildman–Crippen LogP) is 3.47. The maximum absolute atomic E-state index is 12.7. The number of nitrogens with zero attached hydrogens (tertiary/aromatic N) is 4. The molecule has 3 fully saturated rings. The van der Waals surface area contributed by atoms with E-state index in [0.717, 1.165) is 42.4 Å². The van der Waals surface area contributed by atoms with Crippen LogP contribution in [-0.4, -0.2) is 49.4 Å². The Kier molecular flexibility index (Phi) is 6.30. The molecular formula is C31H29N7O3. The van der Waals surface area contributed by atoms with E-state index in [1.165, 1.54) is 0 Å². The number of aromatic nitrogens is 4. The maximum Gasteiger partial charge on any atom is 0.254 e. The fraction of sp³-hybridized carbons (Fsp3) is 0.290. The first-order valence-corrected chi connectivity index (χ1v) is 14.1. The van der Waals surface area contributed by atoms with Gasteiger partial charge in [-0.1, -0.05) is 36.4 Å². The van der Waals surface area contributed by atoms with E-state index in [-0.39, 0.29) is 24.1 Å². The van der Waals surface area contributed by atoms with Gasteiger partial charge in [0.05, 0.1) is 12.6 Å². The van der Waals surface area contributed by atoms with Gasteiger partial charge in [0.1, 0.15) is 5.82 Å². The minimum Gasteiger partial charge on any atom is -0.351 e. The van der Waals surface area contributed by atoms with Gasteiger partial charge in [-0.3, -0.25) is 19.7 Å². The minimum atomic E-state index is -0.384. The number of rotatable bonds is 9. The number of fused-ring (bicyclic) bond motifs is 1. The second-order valence-electron chi connectivity index (χ2n) is 10.9. The SMILES string of the molecule is O=C1C/C(=C\c2cnn3c(NC4CC4)nc(CCc4ccccc4-c4cccc(C(=O)NC5CC5)c4)nc23)C(=O)N1. The molecule has 1 aliphatic heterocycles. The van der Waals surface area contributed by atoms with Crippen molar-refractivity contribution in [2.75, 3.05) is 5.32 Å². The Morgan fingerprint density at radius 2 is 1.83 bits per heavy atom. The molecule has 0 radical (unpaired) electrons. The Balaban J connectivity index is 1.18. The van der Waals surface area contributed by atoms with Crippen LogP contribution < -0.4 is 16.0 Å². The van der Waals surface area contributed by atoms with Crippen LogP contribution in [0.4, 0.5) is 5.95 Å². The lowest BCUT2D eigenvalue weighted by Gasteiger charge is -2.12. The molecule has 41 heavy (non-hydrogen) atoms. The summed E-state index contributed by atoms with van der Waals surface area (Å²) in [6.45, 7) is 0. The average molecular weight is 548 g/mol. The van der Waals surface area contributed by atoms with E-state index in [4.69, 9.17) is 9.97 Å². The molecule has 2 saturated carbocycles. The predicted molar refractivity (Wildman–Crippen MR) is 153 cm³/mol. The Morgan fingerprint density at radius 1 is 1.00 bits per heavy atom. The van der Waals surface area contributed by atoms with Crippen LogP contribution in [0.3, 0.4) is 0 Å². The van der Waals surface area contributed by atoms with Crippen molar-refractivity contribution in [3.8, 4) is 11.1 Å². The zero-order valence-corrected chi connectivity index (χ0v) is 22.4. The van der Waals surface area contributed by atoms with Crippen LogP contribution in [0.1, 0.15) is 59.4 Å². The van der Waals surface area contributed by atoms with Gasteiger partial charge in [-0.25, -0.2) is 4.98 Å². The van der Waals surface area contributed by atoms with E-state index < -0.39 is 0 Å². The quantitative estimate of drug-likeness (QED) is 0.216. The largest absolute Gasteiger partial charge is 0.351 e. The molecule has 3 heterocycles. The maximum atomic E-state index is 12.7. The number of benzene rings is 2. The Morgan fingerprint density at radius 3 is 2.61 bits per heavy atom. The molecule has 2 aromatic carbocycles. The Labute approximate surface area is 236 Å². The number of imide groups is 1. The van der Waals surface area contributed by atoms with Gasteiger partial charge in [-0.15, -0.1) is 0 Å². The fourth-order valence-corrected chi connectivity index (χ4v) is 5.06. The van der Waals surface area contributed by atoms with E-state index in [1.54, 1.807) is 16.8 Å². The summed E-state index contributed by atoms with van der Waals surface area (Å²) in [5.41, 5.74) is 5.49. The molecule has 2 aliphatic carbocycles. The van der Waals surface area contributed by atoms with E-state index in [1.807, 2.05) is 36.4 Å². The zero-order chi connectivity index (χ0) is 27.9. The van der Waals surface area contributed by atoms with Crippen LogP contribution in [0.25, 0.3) is 22.9 Å². The molecule has 10 nitrogen and oxygen atoms in total. The van der Waals surface area contributed by atoms with Gasteiger partial charge in [-0.2, -0.15) is 14.6 Å². The monoisotopic (exact) mass is 547 g/mol. The summed E-state index contributed by atoms with van der Waals surface area (Å²) in [5, 5.41) is 13.3. The number of hydrogen-bond acceptors (Lipinski definition) is 7. The summed E-state index contributed by atoms with van der Waals surface area (Å²) in [5.74, 6) is 0.546. The van der Waals surface area contributed by atoms with Crippen LogP contribution in [0.5, 0.6) is 0 Å². The number of amides is 3. The first-order chi connectivity index (χ1) is 20.0. The van der Waals surface area contributed by atoms with E-state index in [9.17, 15) is 14.4 Å². The van der Waals surface area contributed by atoms with Crippen molar-refractivity contribution in [1.82, 2.24) is 30.2 Å². The van der Waals surface area contributed by atoms with Crippen LogP contribution in [-0.2, 0) is 22.4 Å². The first kappa shape index (κ1) is 25.1. The van der Waals surface area contributed by atoms with Crippen LogP contribution in [0, 0.1) is 0 Å². The third-order valence-electron chi connectivity index (χ3n) is 7.56. The van der Waals surface area contributed by atoms with Crippen LogP contribution in [0.2, 0.25) is 0 Å². The lowest BCUT2D eigenvalue weighted by Crippen LogP contribution is -2.25. The molecule has 2 aromatic heterocycles. The van der Waals surface area contributed by atoms with Crippen molar-refractivity contribution >= 4 is 35.4 Å². The van der Waals surface area contributed by atoms with Crippen molar-refractivity contribution in [3.63, 3.8) is 0 Å². The van der Waals surface area contributed by atoms with Gasteiger partial charge in [0.2, 0.25) is 11.9 Å². The van der Waals surface area contributed by atoms with Gasteiger partial charge in [0.15, 0.2) is 5.65 Å². The summed E-state index contributed by atoms with van der Waals surface area (Å²) < 4.78 is 1.66. The van der Waals surface area contributed by atoms with E-state index in [0.29, 0.717) is 59.0 Å². The molecular weight excluding hydrogens is 518 g/mol. The molecule has 1 saturated heterocycles. The van der Waals surface area contributed by atoms with Gasteiger partial charge in [0.25, 0.3) is 11.8 Å². The summed E-state index contributed by atoms with van der Waals surface area (Å²) in [4.78, 5) is 46.2. The molecule has 7 rings (SSSR count). The van der Waals surface area contributed by atoms with Crippen molar-refractivity contribution in [2.24, 2.45) is 0 Å². The zero-order valence-electron chi connectivity index (χ0n) is 22.4. The molecule has 0 unspecified atom stereocenters. The Hall–Kier alpha value is -4.86. The smallest absolute Gasteiger partial charge is 0.254 e. The van der Waals surface area contributed by atoms with Crippen molar-refractivity contribution < 1.29 is 14.4 Å². The van der Waals surface area contributed by atoms with Crippen molar-refractivity contribution in [2.45, 2.75) is 57.0 Å². The minimum absolute atomic E-state index is 0.0322. The molecule has 0 spiro atoms. The van der Waals surface area contributed by atoms with Gasteiger partial charge < -0.3 is 10.6 Å². The highest BCUT2D eigenvalue weighted by Gasteiger charge is 2.27. The van der Waals surface area contributed by atoms with Crippen LogP contribution >= 0.6 is 0 Å². The number of hydrogen-bond donors (Lipinski definition) is 3. The lowest BCUT2D eigenvalue weighted by molar-refractivity contribution is -0.124. The third-order valence-corrected chi connectivity index (χ3v) is 7.56. The van der Waals surface area contributed by atoms with Crippen molar-refractivity contribution in [1.29, 1.82) is 0 Å². The number of carbonyl (C=O) groups excluding carboxylic acids is 3.